The number of hydrogen-bond donors (Lipinski definition) is 0. The van der Waals surface area contributed by atoms with Gasteiger partial charge in [-0.1, -0.05) is 51.1 Å². The topological polar surface area (TPSA) is 18.5 Å². The van der Waals surface area contributed by atoms with Gasteiger partial charge in [0.05, 0.1) is 6.61 Å². The van der Waals surface area contributed by atoms with E-state index in [9.17, 15) is 0 Å². The second-order valence-corrected chi connectivity index (χ2v) is 6.67. The Morgan fingerprint density at radius 1 is 0.875 bits per heavy atom. The van der Waals surface area contributed by atoms with Crippen molar-refractivity contribution in [3.05, 3.63) is 53.6 Å². The molecule has 128 valence electrons. The molecule has 0 unspecified atom stereocenters. The third kappa shape index (κ3) is 3.49. The summed E-state index contributed by atoms with van der Waals surface area (Å²) >= 11 is 0. The van der Waals surface area contributed by atoms with Crippen LogP contribution in [0.5, 0.6) is 5.75 Å². The van der Waals surface area contributed by atoms with E-state index in [0.29, 0.717) is 6.61 Å². The van der Waals surface area contributed by atoms with E-state index in [0.717, 1.165) is 43.4 Å². The maximum Gasteiger partial charge on any atom is 0.210 e. The van der Waals surface area contributed by atoms with Crippen molar-refractivity contribution in [1.82, 2.24) is 0 Å². The van der Waals surface area contributed by atoms with E-state index in [1.54, 1.807) is 0 Å². The lowest BCUT2D eigenvalue weighted by Crippen LogP contribution is -2.41. The Kier molecular flexibility index (Phi) is 5.25. The van der Waals surface area contributed by atoms with Crippen LogP contribution in [-0.4, -0.2) is 5.79 Å². The first-order chi connectivity index (χ1) is 11.7. The molecule has 0 atom stereocenters. The van der Waals surface area contributed by atoms with Gasteiger partial charge in [-0.25, -0.2) is 0 Å². The number of benzene rings is 2. The molecule has 2 aromatic rings. The Labute approximate surface area is 145 Å². The first-order valence-electron chi connectivity index (χ1n) is 9.25. The van der Waals surface area contributed by atoms with Gasteiger partial charge >= 0.3 is 0 Å². The normalized spacial score (nSPS) is 15.6. The molecule has 0 bridgehead atoms. The van der Waals surface area contributed by atoms with Crippen molar-refractivity contribution in [2.75, 3.05) is 0 Å². The van der Waals surface area contributed by atoms with Crippen LogP contribution in [0.4, 0.5) is 0 Å². The predicted molar refractivity (Wildman–Crippen MR) is 99.2 cm³/mol. The van der Waals surface area contributed by atoms with Gasteiger partial charge in [-0.05, 0) is 48.1 Å². The standard InChI is InChI=1S/C22H28O2/c1-4-13-22(14-5-2)23-16-20-15-19(11-12-21(20)24-22)18-9-7-17(6-3)8-10-18/h7-12,15H,4-6,13-14,16H2,1-3H3. The highest BCUT2D eigenvalue weighted by molar-refractivity contribution is 5.66. The summed E-state index contributed by atoms with van der Waals surface area (Å²) < 4.78 is 12.5. The van der Waals surface area contributed by atoms with Gasteiger partial charge in [-0.2, -0.15) is 0 Å². The van der Waals surface area contributed by atoms with Crippen LogP contribution >= 0.6 is 0 Å². The molecule has 2 aromatic carbocycles. The van der Waals surface area contributed by atoms with Crippen molar-refractivity contribution in [2.45, 2.75) is 65.3 Å². The largest absolute Gasteiger partial charge is 0.462 e. The molecule has 2 nitrogen and oxygen atoms in total. The molecule has 0 fully saturated rings. The minimum Gasteiger partial charge on any atom is -0.462 e. The molecule has 0 spiro atoms. The molecule has 0 N–H and O–H groups in total. The van der Waals surface area contributed by atoms with Gasteiger partial charge < -0.3 is 9.47 Å². The highest BCUT2D eigenvalue weighted by Crippen LogP contribution is 2.38. The van der Waals surface area contributed by atoms with Gasteiger partial charge in [0.25, 0.3) is 0 Å². The van der Waals surface area contributed by atoms with Crippen molar-refractivity contribution in [3.8, 4) is 16.9 Å². The van der Waals surface area contributed by atoms with E-state index in [2.05, 4.69) is 63.2 Å². The molecule has 3 rings (SSSR count). The van der Waals surface area contributed by atoms with E-state index in [1.807, 2.05) is 0 Å². The average Bonchev–Trinajstić information content (AvgIpc) is 2.62. The van der Waals surface area contributed by atoms with Crippen LogP contribution in [0, 0.1) is 0 Å². The molecule has 1 aliphatic heterocycles. The van der Waals surface area contributed by atoms with Crippen LogP contribution in [0.2, 0.25) is 0 Å². The lowest BCUT2D eigenvalue weighted by atomic mass is 9.99. The van der Waals surface area contributed by atoms with Gasteiger partial charge in [-0.15, -0.1) is 0 Å². The fraction of sp³-hybridized carbons (Fsp3) is 0.455. The quantitative estimate of drug-likeness (QED) is 0.637. The first-order valence-corrected chi connectivity index (χ1v) is 9.25. The zero-order chi connectivity index (χ0) is 17.0. The number of ether oxygens (including phenoxy) is 2. The third-order valence-electron chi connectivity index (χ3n) is 4.80. The molecule has 0 saturated carbocycles. The summed E-state index contributed by atoms with van der Waals surface area (Å²) in [4.78, 5) is 0. The average molecular weight is 324 g/mol. The summed E-state index contributed by atoms with van der Waals surface area (Å²) in [6.45, 7) is 7.18. The monoisotopic (exact) mass is 324 g/mol. The van der Waals surface area contributed by atoms with Crippen molar-refractivity contribution >= 4 is 0 Å². The molecule has 1 aliphatic rings. The fourth-order valence-corrected chi connectivity index (χ4v) is 3.48. The molecular formula is C22H28O2. The Balaban J connectivity index is 1.85. The van der Waals surface area contributed by atoms with Crippen molar-refractivity contribution in [2.24, 2.45) is 0 Å². The van der Waals surface area contributed by atoms with Crippen molar-refractivity contribution < 1.29 is 9.47 Å². The molecule has 0 amide bonds. The first kappa shape index (κ1) is 17.0. The predicted octanol–water partition coefficient (Wildman–Crippen LogP) is 6.12. The Morgan fingerprint density at radius 2 is 1.54 bits per heavy atom. The minimum absolute atomic E-state index is 0.430. The van der Waals surface area contributed by atoms with Crippen LogP contribution in [0.25, 0.3) is 11.1 Å². The summed E-state index contributed by atoms with van der Waals surface area (Å²) in [6, 6.07) is 15.3. The summed E-state index contributed by atoms with van der Waals surface area (Å²) in [5, 5.41) is 0. The van der Waals surface area contributed by atoms with Crippen LogP contribution in [-0.2, 0) is 17.8 Å². The molecule has 2 heteroatoms. The van der Waals surface area contributed by atoms with Gasteiger partial charge in [0.2, 0.25) is 5.79 Å². The van der Waals surface area contributed by atoms with E-state index in [4.69, 9.17) is 9.47 Å². The van der Waals surface area contributed by atoms with E-state index < -0.39 is 5.79 Å². The molecule has 24 heavy (non-hydrogen) atoms. The summed E-state index contributed by atoms with van der Waals surface area (Å²) in [7, 11) is 0. The van der Waals surface area contributed by atoms with Crippen LogP contribution in [0.3, 0.4) is 0 Å². The zero-order valence-corrected chi connectivity index (χ0v) is 15.1. The summed E-state index contributed by atoms with van der Waals surface area (Å²) in [6.07, 6.45) is 5.10. The van der Waals surface area contributed by atoms with E-state index >= 15 is 0 Å². The van der Waals surface area contributed by atoms with Crippen molar-refractivity contribution in [3.63, 3.8) is 0 Å². The fourth-order valence-electron chi connectivity index (χ4n) is 3.48. The molecule has 0 radical (unpaired) electrons. The molecule has 0 aromatic heterocycles. The smallest absolute Gasteiger partial charge is 0.210 e. The number of hydrogen-bond acceptors (Lipinski definition) is 2. The van der Waals surface area contributed by atoms with Gasteiger partial charge in [0.1, 0.15) is 5.75 Å². The molecule has 0 aliphatic carbocycles. The Hall–Kier alpha value is -1.80. The maximum absolute atomic E-state index is 6.31. The molecule has 0 saturated heterocycles. The maximum atomic E-state index is 6.31. The van der Waals surface area contributed by atoms with Crippen LogP contribution in [0.15, 0.2) is 42.5 Å². The third-order valence-corrected chi connectivity index (χ3v) is 4.80. The second-order valence-electron chi connectivity index (χ2n) is 6.67. The van der Waals surface area contributed by atoms with Crippen LogP contribution < -0.4 is 4.74 Å². The molecular weight excluding hydrogens is 296 g/mol. The minimum atomic E-state index is -0.430. The SMILES string of the molecule is CCCC1(CCC)OCc2cc(-c3ccc(CC)cc3)ccc2O1. The van der Waals surface area contributed by atoms with Gasteiger partial charge in [-0.3, -0.25) is 0 Å². The van der Waals surface area contributed by atoms with Crippen molar-refractivity contribution in [1.29, 1.82) is 0 Å². The summed E-state index contributed by atoms with van der Waals surface area (Å²) in [5.41, 5.74) is 4.98. The van der Waals surface area contributed by atoms with Gasteiger partial charge in [0.15, 0.2) is 0 Å². The lowest BCUT2D eigenvalue weighted by Gasteiger charge is -2.38. The Morgan fingerprint density at radius 3 is 2.17 bits per heavy atom. The molecule has 1 heterocycles. The van der Waals surface area contributed by atoms with Gasteiger partial charge in [0, 0.05) is 18.4 Å². The Bertz CT molecular complexity index is 667. The highest BCUT2D eigenvalue weighted by Gasteiger charge is 2.35. The number of aryl methyl sites for hydroxylation is 1. The number of fused-ring (bicyclic) bond motifs is 1. The lowest BCUT2D eigenvalue weighted by molar-refractivity contribution is -0.214. The van der Waals surface area contributed by atoms with E-state index in [1.165, 1.54) is 16.7 Å². The summed E-state index contributed by atoms with van der Waals surface area (Å²) in [5.74, 6) is 0.554. The second kappa shape index (κ2) is 7.40. The number of rotatable bonds is 6. The van der Waals surface area contributed by atoms with Crippen LogP contribution in [0.1, 0.15) is 57.6 Å². The van der Waals surface area contributed by atoms with E-state index in [-0.39, 0.29) is 0 Å². The zero-order valence-electron chi connectivity index (χ0n) is 15.1. The highest BCUT2D eigenvalue weighted by atomic mass is 16.7.